The van der Waals surface area contributed by atoms with Gasteiger partial charge >= 0.3 is 5.97 Å². The average molecular weight is 546 g/mol. The molecule has 2 aromatic carbocycles. The molecule has 0 amide bonds. The highest BCUT2D eigenvalue weighted by molar-refractivity contribution is 6.33. The number of fused-ring (bicyclic) bond motifs is 3. The summed E-state index contributed by atoms with van der Waals surface area (Å²) in [7, 11) is 0. The summed E-state index contributed by atoms with van der Waals surface area (Å²) in [5.74, 6) is -1.94. The van der Waals surface area contributed by atoms with Crippen LogP contribution in [0.25, 0.3) is 11.1 Å². The number of nitrogens with zero attached hydrogens (tertiary/aromatic N) is 1. The van der Waals surface area contributed by atoms with Gasteiger partial charge in [0.1, 0.15) is 12.4 Å². The Morgan fingerprint density at radius 2 is 1.95 bits per heavy atom. The Morgan fingerprint density at radius 3 is 2.68 bits per heavy atom. The third kappa shape index (κ3) is 5.06. The van der Waals surface area contributed by atoms with Gasteiger partial charge in [0.05, 0.1) is 30.3 Å². The second-order valence-electron chi connectivity index (χ2n) is 9.76. The van der Waals surface area contributed by atoms with Crippen molar-refractivity contribution in [1.82, 2.24) is 4.98 Å². The van der Waals surface area contributed by atoms with Crippen LogP contribution in [0.2, 0.25) is 5.02 Å². The number of hydrogen-bond acceptors (Lipinski definition) is 6. The first-order chi connectivity index (χ1) is 18.2. The van der Waals surface area contributed by atoms with Crippen LogP contribution in [0, 0.1) is 30.4 Å². The fourth-order valence-electron chi connectivity index (χ4n) is 5.20. The fourth-order valence-corrected chi connectivity index (χ4v) is 5.45. The van der Waals surface area contributed by atoms with Gasteiger partial charge < -0.3 is 24.8 Å². The first kappa shape index (κ1) is 26.3. The standard InChI is InChI=1S/C28H26ClF2NO6/c1-13-4-24(37-3-2-16(34)11-33)23(31)8-17(13)18-6-15(22(30)9-21(18)29)12-38-25-7-14-5-19-26(20(14)10-32-25)27(19)28(35)36/h4,6-10,16,19,26-27,33-34H,2-3,5,11-12H2,1H3,(H,35,36)/t16?,19-,26-,27+/m1/s1. The van der Waals surface area contributed by atoms with Crippen molar-refractivity contribution in [3.05, 3.63) is 75.4 Å². The lowest BCUT2D eigenvalue weighted by Crippen LogP contribution is -2.16. The van der Waals surface area contributed by atoms with Crippen LogP contribution >= 0.6 is 11.6 Å². The maximum absolute atomic E-state index is 14.8. The lowest BCUT2D eigenvalue weighted by atomic mass is 9.98. The van der Waals surface area contributed by atoms with Crippen LogP contribution in [-0.4, -0.2) is 45.6 Å². The molecule has 3 aromatic rings. The number of carbonyl (C=O) groups is 1. The Morgan fingerprint density at radius 1 is 1.16 bits per heavy atom. The molecular formula is C28H26ClF2NO6. The monoisotopic (exact) mass is 545 g/mol. The Balaban J connectivity index is 1.31. The maximum Gasteiger partial charge on any atom is 0.307 e. The summed E-state index contributed by atoms with van der Waals surface area (Å²) in [5.41, 5.74) is 3.66. The van der Waals surface area contributed by atoms with Gasteiger partial charge in [-0.3, -0.25) is 4.79 Å². The van der Waals surface area contributed by atoms with E-state index in [4.69, 9.17) is 26.2 Å². The van der Waals surface area contributed by atoms with Crippen molar-refractivity contribution in [3.63, 3.8) is 0 Å². The number of halogens is 3. The van der Waals surface area contributed by atoms with Gasteiger partial charge in [0.2, 0.25) is 5.88 Å². The number of carboxylic acids is 1. The third-order valence-corrected chi connectivity index (χ3v) is 7.58. The Kier molecular flexibility index (Phi) is 7.26. The number of aromatic nitrogens is 1. The van der Waals surface area contributed by atoms with Gasteiger partial charge in [0.15, 0.2) is 11.6 Å². The van der Waals surface area contributed by atoms with Gasteiger partial charge in [-0.05, 0) is 65.8 Å². The summed E-state index contributed by atoms with van der Waals surface area (Å²) in [4.78, 5) is 15.6. The quantitative estimate of drug-likeness (QED) is 0.340. The second kappa shape index (κ2) is 10.5. The molecule has 4 atom stereocenters. The van der Waals surface area contributed by atoms with Crippen LogP contribution in [0.15, 0.2) is 36.5 Å². The Labute approximate surface area is 222 Å². The summed E-state index contributed by atoms with van der Waals surface area (Å²) in [6, 6.07) is 7.20. The number of aliphatic carboxylic acids is 1. The first-order valence-corrected chi connectivity index (χ1v) is 12.6. The van der Waals surface area contributed by atoms with Crippen LogP contribution < -0.4 is 9.47 Å². The number of aryl methyl sites for hydroxylation is 1. The molecule has 1 heterocycles. The number of aliphatic hydroxyl groups excluding tert-OH is 2. The molecule has 7 nitrogen and oxygen atoms in total. The van der Waals surface area contributed by atoms with Crippen molar-refractivity contribution in [2.75, 3.05) is 13.2 Å². The highest BCUT2D eigenvalue weighted by Gasteiger charge is 2.59. The number of hydrogen-bond donors (Lipinski definition) is 3. The van der Waals surface area contributed by atoms with Crippen LogP contribution in [0.4, 0.5) is 8.78 Å². The molecule has 0 bridgehead atoms. The minimum Gasteiger partial charge on any atom is -0.490 e. The molecule has 3 N–H and O–H groups in total. The minimum atomic E-state index is -0.945. The predicted octanol–water partition coefficient (Wildman–Crippen LogP) is 4.66. The van der Waals surface area contributed by atoms with Crippen molar-refractivity contribution in [3.8, 4) is 22.8 Å². The van der Waals surface area contributed by atoms with Crippen molar-refractivity contribution in [2.45, 2.75) is 38.4 Å². The van der Waals surface area contributed by atoms with Crippen molar-refractivity contribution in [1.29, 1.82) is 0 Å². The molecule has 0 aliphatic heterocycles. The molecule has 1 fully saturated rings. The lowest BCUT2D eigenvalue weighted by Gasteiger charge is -2.15. The van der Waals surface area contributed by atoms with Gasteiger partial charge in [0.25, 0.3) is 0 Å². The summed E-state index contributed by atoms with van der Waals surface area (Å²) in [5, 5.41) is 27.7. The second-order valence-corrected chi connectivity index (χ2v) is 10.2. The smallest absolute Gasteiger partial charge is 0.307 e. The van der Waals surface area contributed by atoms with Crippen molar-refractivity contribution >= 4 is 17.6 Å². The van der Waals surface area contributed by atoms with Crippen LogP contribution in [0.5, 0.6) is 11.6 Å². The number of pyridine rings is 1. The van der Waals surface area contributed by atoms with E-state index in [0.717, 1.165) is 17.2 Å². The molecule has 200 valence electrons. The van der Waals surface area contributed by atoms with E-state index in [-0.39, 0.29) is 53.7 Å². The predicted molar refractivity (Wildman–Crippen MR) is 134 cm³/mol. The van der Waals surface area contributed by atoms with E-state index in [1.807, 2.05) is 0 Å². The minimum absolute atomic E-state index is 0.00632. The molecule has 1 unspecified atom stereocenters. The van der Waals surface area contributed by atoms with Crippen LogP contribution in [0.1, 0.15) is 34.6 Å². The molecule has 2 aliphatic rings. The topological polar surface area (TPSA) is 109 Å². The zero-order chi connectivity index (χ0) is 27.1. The van der Waals surface area contributed by atoms with E-state index in [2.05, 4.69) is 4.98 Å². The molecule has 5 rings (SSSR count). The molecule has 10 heteroatoms. The molecular weight excluding hydrogens is 520 g/mol. The molecule has 1 saturated carbocycles. The van der Waals surface area contributed by atoms with Gasteiger partial charge in [-0.1, -0.05) is 11.6 Å². The maximum atomic E-state index is 14.8. The van der Waals surface area contributed by atoms with Gasteiger partial charge in [0, 0.05) is 35.7 Å². The normalized spacial score (nSPS) is 20.0. The van der Waals surface area contributed by atoms with E-state index in [1.165, 1.54) is 18.2 Å². The van der Waals surface area contributed by atoms with Crippen LogP contribution in [0.3, 0.4) is 0 Å². The third-order valence-electron chi connectivity index (χ3n) is 7.27. The molecule has 38 heavy (non-hydrogen) atoms. The largest absolute Gasteiger partial charge is 0.490 e. The first-order valence-electron chi connectivity index (χ1n) is 12.2. The molecule has 0 radical (unpaired) electrons. The number of ether oxygens (including phenoxy) is 2. The van der Waals surface area contributed by atoms with E-state index in [9.17, 15) is 23.8 Å². The van der Waals surface area contributed by atoms with E-state index >= 15 is 0 Å². The summed E-state index contributed by atoms with van der Waals surface area (Å²) >= 11 is 6.33. The SMILES string of the molecule is Cc1cc(OCCC(O)CO)c(F)cc1-c1cc(COc2cc3c(cn2)[C@H]2[C@@H](C3)[C@@H]2C(=O)O)c(F)cc1Cl. The number of aliphatic hydroxyl groups is 2. The van der Waals surface area contributed by atoms with Crippen molar-refractivity contribution in [2.24, 2.45) is 11.8 Å². The molecule has 2 aliphatic carbocycles. The number of carboxylic acid groups (broad SMARTS) is 1. The van der Waals surface area contributed by atoms with Gasteiger partial charge in [-0.15, -0.1) is 0 Å². The highest BCUT2D eigenvalue weighted by Crippen LogP contribution is 2.61. The average Bonchev–Trinajstić information content (AvgIpc) is 3.47. The van der Waals surface area contributed by atoms with E-state index in [1.54, 1.807) is 19.2 Å². The van der Waals surface area contributed by atoms with Crippen LogP contribution in [-0.2, 0) is 17.8 Å². The Hall–Kier alpha value is -3.27. The molecule has 0 spiro atoms. The fraction of sp³-hybridized carbons (Fsp3) is 0.357. The molecule has 1 aromatic heterocycles. The van der Waals surface area contributed by atoms with Crippen molar-refractivity contribution < 1.29 is 38.4 Å². The summed E-state index contributed by atoms with van der Waals surface area (Å²) in [6.07, 6.45) is 1.50. The number of rotatable bonds is 10. The van der Waals surface area contributed by atoms with E-state index < -0.39 is 30.3 Å². The summed E-state index contributed by atoms with van der Waals surface area (Å²) in [6.45, 7) is 1.22. The Bertz CT molecular complexity index is 1400. The van der Waals surface area contributed by atoms with Gasteiger partial charge in [-0.25, -0.2) is 13.8 Å². The number of benzene rings is 2. The lowest BCUT2D eigenvalue weighted by molar-refractivity contribution is -0.139. The van der Waals surface area contributed by atoms with E-state index in [0.29, 0.717) is 29.0 Å². The zero-order valence-corrected chi connectivity index (χ0v) is 21.2. The zero-order valence-electron chi connectivity index (χ0n) is 20.5. The van der Waals surface area contributed by atoms with Gasteiger partial charge in [-0.2, -0.15) is 0 Å². The molecule has 0 saturated heterocycles. The summed E-state index contributed by atoms with van der Waals surface area (Å²) < 4.78 is 40.7. The highest BCUT2D eigenvalue weighted by atomic mass is 35.5.